The van der Waals surface area contributed by atoms with Crippen molar-refractivity contribution in [1.29, 1.82) is 0 Å². The third-order valence-electron chi connectivity index (χ3n) is 3.67. The lowest BCUT2D eigenvalue weighted by Crippen LogP contribution is -2.36. The zero-order valence-corrected chi connectivity index (χ0v) is 12.2. The Morgan fingerprint density at radius 3 is 2.65 bits per heavy atom. The van der Waals surface area contributed by atoms with E-state index in [1.54, 1.807) is 11.8 Å². The van der Waals surface area contributed by atoms with Gasteiger partial charge in [0.2, 0.25) is 0 Å². The molecule has 1 aromatic rings. The van der Waals surface area contributed by atoms with Crippen molar-refractivity contribution in [2.45, 2.75) is 36.0 Å². The first-order chi connectivity index (χ1) is 9.65. The minimum absolute atomic E-state index is 0.0435. The summed E-state index contributed by atoms with van der Waals surface area (Å²) < 4.78 is 0. The molecule has 1 N–H and O–H groups in total. The van der Waals surface area contributed by atoms with E-state index in [4.69, 9.17) is 0 Å². The first-order valence-corrected chi connectivity index (χ1v) is 7.86. The summed E-state index contributed by atoms with van der Waals surface area (Å²) >= 11 is 1.69. The van der Waals surface area contributed by atoms with Crippen molar-refractivity contribution >= 4 is 23.7 Å². The van der Waals surface area contributed by atoms with Gasteiger partial charge in [-0.2, -0.15) is 0 Å². The molecule has 0 aromatic heterocycles. The highest BCUT2D eigenvalue weighted by atomic mass is 32.2. The fraction of sp³-hybridized carbons (Fsp3) is 0.467. The van der Waals surface area contributed by atoms with Crippen LogP contribution in [0.4, 0.5) is 4.79 Å². The summed E-state index contributed by atoms with van der Waals surface area (Å²) in [6.07, 6.45) is 2.11. The van der Waals surface area contributed by atoms with Gasteiger partial charge in [-0.05, 0) is 30.9 Å². The normalized spacial score (nSPS) is 23.9. The van der Waals surface area contributed by atoms with Gasteiger partial charge < -0.3 is 5.32 Å². The molecule has 2 aliphatic rings. The molecule has 1 saturated carbocycles. The van der Waals surface area contributed by atoms with Crippen molar-refractivity contribution in [3.05, 3.63) is 30.3 Å². The molecule has 2 fully saturated rings. The lowest BCUT2D eigenvalue weighted by molar-refractivity contribution is -0.127. The van der Waals surface area contributed by atoms with E-state index in [9.17, 15) is 9.59 Å². The van der Waals surface area contributed by atoms with Crippen LogP contribution in [0.25, 0.3) is 0 Å². The summed E-state index contributed by atoms with van der Waals surface area (Å²) in [5, 5.41) is 3.00. The summed E-state index contributed by atoms with van der Waals surface area (Å²) in [6.45, 7) is 2.51. The first-order valence-electron chi connectivity index (χ1n) is 6.98. The van der Waals surface area contributed by atoms with Crippen LogP contribution in [0.3, 0.4) is 0 Å². The summed E-state index contributed by atoms with van der Waals surface area (Å²) in [5.74, 6) is 0.326. The predicted octanol–water partition coefficient (Wildman–Crippen LogP) is 2.50. The average molecular weight is 290 g/mol. The number of amides is 3. The van der Waals surface area contributed by atoms with Crippen molar-refractivity contribution in [1.82, 2.24) is 10.2 Å². The Kier molecular flexibility index (Phi) is 3.70. The lowest BCUT2D eigenvalue weighted by Gasteiger charge is -2.18. The molecule has 1 aromatic carbocycles. The lowest BCUT2D eigenvalue weighted by atomic mass is 10.2. The van der Waals surface area contributed by atoms with Crippen molar-refractivity contribution in [2.75, 3.05) is 6.54 Å². The standard InChI is InChI=1S/C15H18N2O2S/c1-10(20-12-5-3-2-4-6-12)9-17-14(18)13(11-7-8-11)16-15(17)19/h2-6,10-11,13H,7-9H2,1H3,(H,16,19). The Hall–Kier alpha value is -1.49. The Labute approximate surface area is 122 Å². The monoisotopic (exact) mass is 290 g/mol. The number of hydrogen-bond acceptors (Lipinski definition) is 3. The Balaban J connectivity index is 1.59. The van der Waals surface area contributed by atoms with Gasteiger partial charge in [0.25, 0.3) is 5.91 Å². The summed E-state index contributed by atoms with van der Waals surface area (Å²) in [7, 11) is 0. The topological polar surface area (TPSA) is 49.4 Å². The van der Waals surface area contributed by atoms with Crippen LogP contribution in [0.5, 0.6) is 0 Å². The average Bonchev–Trinajstić information content (AvgIpc) is 3.23. The van der Waals surface area contributed by atoms with Crippen LogP contribution in [0.15, 0.2) is 35.2 Å². The van der Waals surface area contributed by atoms with E-state index < -0.39 is 0 Å². The number of urea groups is 1. The van der Waals surface area contributed by atoms with Crippen molar-refractivity contribution in [2.24, 2.45) is 5.92 Å². The Morgan fingerprint density at radius 2 is 2.00 bits per heavy atom. The van der Waals surface area contributed by atoms with E-state index in [2.05, 4.69) is 5.32 Å². The van der Waals surface area contributed by atoms with Crippen LogP contribution in [0.2, 0.25) is 0 Å². The maximum atomic E-state index is 12.2. The zero-order valence-electron chi connectivity index (χ0n) is 11.4. The van der Waals surface area contributed by atoms with Crippen LogP contribution >= 0.6 is 11.8 Å². The smallest absolute Gasteiger partial charge is 0.324 e. The predicted molar refractivity (Wildman–Crippen MR) is 78.5 cm³/mol. The molecular weight excluding hydrogens is 272 g/mol. The molecule has 1 aliphatic carbocycles. The number of benzene rings is 1. The fourth-order valence-corrected chi connectivity index (χ4v) is 3.49. The zero-order chi connectivity index (χ0) is 14.1. The number of carbonyl (C=O) groups excluding carboxylic acids is 2. The third-order valence-corrected chi connectivity index (χ3v) is 4.77. The summed E-state index contributed by atoms with van der Waals surface area (Å²) in [6, 6.07) is 9.55. The quantitative estimate of drug-likeness (QED) is 0.669. The molecule has 106 valence electrons. The van der Waals surface area contributed by atoms with E-state index in [0.717, 1.165) is 17.7 Å². The first kappa shape index (κ1) is 13.5. The van der Waals surface area contributed by atoms with Gasteiger partial charge in [0.15, 0.2) is 0 Å². The van der Waals surface area contributed by atoms with Gasteiger partial charge in [0.1, 0.15) is 6.04 Å². The highest BCUT2D eigenvalue weighted by molar-refractivity contribution is 8.00. The SMILES string of the molecule is CC(CN1C(=O)NC(C2CC2)C1=O)Sc1ccccc1. The van der Waals surface area contributed by atoms with Gasteiger partial charge >= 0.3 is 6.03 Å². The van der Waals surface area contributed by atoms with Crippen LogP contribution in [0, 0.1) is 5.92 Å². The van der Waals surface area contributed by atoms with Crippen LogP contribution < -0.4 is 5.32 Å². The highest BCUT2D eigenvalue weighted by Crippen LogP contribution is 2.35. The minimum Gasteiger partial charge on any atom is -0.326 e. The molecule has 2 atom stereocenters. The molecular formula is C15H18N2O2S. The maximum absolute atomic E-state index is 12.2. The van der Waals surface area contributed by atoms with E-state index in [1.807, 2.05) is 37.3 Å². The van der Waals surface area contributed by atoms with Crippen LogP contribution in [-0.2, 0) is 4.79 Å². The van der Waals surface area contributed by atoms with Crippen LogP contribution in [-0.4, -0.2) is 34.7 Å². The number of hydrogen-bond donors (Lipinski definition) is 1. The highest BCUT2D eigenvalue weighted by Gasteiger charge is 2.46. The molecule has 0 spiro atoms. The second-order valence-corrected chi connectivity index (χ2v) is 6.97. The van der Waals surface area contributed by atoms with Crippen molar-refractivity contribution in [3.63, 3.8) is 0 Å². The van der Waals surface area contributed by atoms with E-state index in [-0.39, 0.29) is 23.2 Å². The molecule has 1 aliphatic heterocycles. The maximum Gasteiger partial charge on any atom is 0.324 e. The van der Waals surface area contributed by atoms with Gasteiger partial charge in [0.05, 0.1) is 0 Å². The second-order valence-electron chi connectivity index (χ2n) is 5.45. The molecule has 2 unspecified atom stereocenters. The van der Waals surface area contributed by atoms with Gasteiger partial charge in [0, 0.05) is 16.7 Å². The van der Waals surface area contributed by atoms with Crippen molar-refractivity contribution in [3.8, 4) is 0 Å². The van der Waals surface area contributed by atoms with Crippen molar-refractivity contribution < 1.29 is 9.59 Å². The largest absolute Gasteiger partial charge is 0.326 e. The van der Waals surface area contributed by atoms with Gasteiger partial charge in [-0.15, -0.1) is 11.8 Å². The fourth-order valence-electron chi connectivity index (χ4n) is 2.49. The van der Waals surface area contributed by atoms with E-state index >= 15 is 0 Å². The summed E-state index contributed by atoms with van der Waals surface area (Å²) in [5.41, 5.74) is 0. The van der Waals surface area contributed by atoms with Crippen LogP contribution in [0.1, 0.15) is 19.8 Å². The molecule has 5 heteroatoms. The molecule has 1 heterocycles. The Bertz CT molecular complexity index is 516. The number of thioether (sulfide) groups is 1. The van der Waals surface area contributed by atoms with Gasteiger partial charge in [-0.3, -0.25) is 9.69 Å². The second kappa shape index (κ2) is 5.48. The molecule has 0 bridgehead atoms. The molecule has 4 nitrogen and oxygen atoms in total. The molecule has 1 saturated heterocycles. The van der Waals surface area contributed by atoms with E-state index in [1.165, 1.54) is 4.90 Å². The summed E-state index contributed by atoms with van der Waals surface area (Å²) in [4.78, 5) is 26.7. The molecule has 0 radical (unpaired) electrons. The van der Waals surface area contributed by atoms with E-state index in [0.29, 0.717) is 12.5 Å². The number of imide groups is 1. The molecule has 3 rings (SSSR count). The third kappa shape index (κ3) is 2.82. The number of nitrogens with zero attached hydrogens (tertiary/aromatic N) is 1. The van der Waals surface area contributed by atoms with Gasteiger partial charge in [-0.25, -0.2) is 4.79 Å². The Morgan fingerprint density at radius 1 is 1.30 bits per heavy atom. The number of carbonyl (C=O) groups is 2. The molecule has 20 heavy (non-hydrogen) atoms. The number of nitrogens with one attached hydrogen (secondary N) is 1. The molecule has 3 amide bonds. The van der Waals surface area contributed by atoms with Gasteiger partial charge in [-0.1, -0.05) is 25.1 Å². The number of rotatable bonds is 5. The minimum atomic E-state index is -0.267.